The van der Waals surface area contributed by atoms with Gasteiger partial charge in [-0.15, -0.1) is 0 Å². The van der Waals surface area contributed by atoms with Crippen LogP contribution in [0.2, 0.25) is 0 Å². The molecule has 5 nitrogen and oxygen atoms in total. The third kappa shape index (κ3) is 4.93. The van der Waals surface area contributed by atoms with Gasteiger partial charge in [0.2, 0.25) is 0 Å². The summed E-state index contributed by atoms with van der Waals surface area (Å²) >= 11 is 0. The number of rotatable bonds is 6. The summed E-state index contributed by atoms with van der Waals surface area (Å²) in [6.07, 6.45) is 3.32. The van der Waals surface area contributed by atoms with Gasteiger partial charge >= 0.3 is 6.03 Å². The number of benzene rings is 1. The minimum Gasteiger partial charge on any atom is -0.378 e. The van der Waals surface area contributed by atoms with Crippen LogP contribution < -0.4 is 15.5 Å². The number of nitrogens with zero attached hydrogens (tertiary/aromatic N) is 1. The van der Waals surface area contributed by atoms with Crippen LogP contribution in [-0.4, -0.2) is 38.9 Å². The first-order valence-electron chi connectivity index (χ1n) is 7.78. The van der Waals surface area contributed by atoms with E-state index in [1.165, 1.54) is 0 Å². The number of nitrogens with one attached hydrogen (secondary N) is 2. The lowest BCUT2D eigenvalue weighted by Crippen LogP contribution is -2.37. The van der Waals surface area contributed by atoms with Crippen LogP contribution in [0.4, 0.5) is 16.2 Å². The number of carbonyl (C=O) groups is 1. The second-order valence-corrected chi connectivity index (χ2v) is 5.20. The van der Waals surface area contributed by atoms with Crippen LogP contribution in [0.3, 0.4) is 0 Å². The van der Waals surface area contributed by atoms with E-state index in [4.69, 9.17) is 4.74 Å². The lowest BCUT2D eigenvalue weighted by molar-refractivity contribution is 0.123. The van der Waals surface area contributed by atoms with Crippen molar-refractivity contribution in [2.45, 2.75) is 26.2 Å². The first-order chi connectivity index (χ1) is 10.3. The number of amides is 2. The molecule has 1 aliphatic heterocycles. The van der Waals surface area contributed by atoms with E-state index in [1.807, 2.05) is 24.3 Å². The molecule has 1 heterocycles. The highest BCUT2D eigenvalue weighted by molar-refractivity contribution is 5.93. The number of hydrogen-bond donors (Lipinski definition) is 2. The van der Waals surface area contributed by atoms with Gasteiger partial charge in [-0.05, 0) is 18.6 Å². The zero-order valence-corrected chi connectivity index (χ0v) is 12.7. The van der Waals surface area contributed by atoms with Crippen molar-refractivity contribution in [2.24, 2.45) is 0 Å². The Morgan fingerprint density at radius 3 is 2.76 bits per heavy atom. The highest BCUT2D eigenvalue weighted by Crippen LogP contribution is 2.26. The molecular formula is C16H25N3O2. The van der Waals surface area contributed by atoms with Crippen molar-refractivity contribution in [3.05, 3.63) is 24.3 Å². The highest BCUT2D eigenvalue weighted by atomic mass is 16.5. The summed E-state index contributed by atoms with van der Waals surface area (Å²) in [4.78, 5) is 14.2. The molecule has 0 radical (unpaired) electrons. The molecule has 1 saturated heterocycles. The van der Waals surface area contributed by atoms with E-state index < -0.39 is 0 Å². The summed E-state index contributed by atoms with van der Waals surface area (Å²) in [6, 6.07) is 7.78. The lowest BCUT2D eigenvalue weighted by Gasteiger charge is -2.30. The Hall–Kier alpha value is -1.75. The quantitative estimate of drug-likeness (QED) is 0.792. The molecule has 0 saturated carbocycles. The van der Waals surface area contributed by atoms with Crippen molar-refractivity contribution in [1.29, 1.82) is 0 Å². The monoisotopic (exact) mass is 291 g/mol. The SMILES string of the molecule is CCCCCNC(=O)Nc1ccccc1N1CCOCC1. The van der Waals surface area contributed by atoms with E-state index in [-0.39, 0.29) is 6.03 Å². The minimum atomic E-state index is -0.133. The predicted octanol–water partition coefficient (Wildman–Crippen LogP) is 2.83. The van der Waals surface area contributed by atoms with Crippen molar-refractivity contribution >= 4 is 17.4 Å². The van der Waals surface area contributed by atoms with Crippen molar-refractivity contribution in [2.75, 3.05) is 43.1 Å². The molecule has 1 fully saturated rings. The van der Waals surface area contributed by atoms with Gasteiger partial charge in [-0.25, -0.2) is 4.79 Å². The van der Waals surface area contributed by atoms with Crippen LogP contribution in [0.5, 0.6) is 0 Å². The molecule has 1 aromatic carbocycles. The van der Waals surface area contributed by atoms with Gasteiger partial charge in [0.25, 0.3) is 0 Å². The van der Waals surface area contributed by atoms with Gasteiger partial charge in [-0.3, -0.25) is 0 Å². The lowest BCUT2D eigenvalue weighted by atomic mass is 10.2. The maximum atomic E-state index is 11.9. The Morgan fingerprint density at radius 2 is 2.00 bits per heavy atom. The third-order valence-electron chi connectivity index (χ3n) is 3.57. The van der Waals surface area contributed by atoms with Crippen LogP contribution in [0.1, 0.15) is 26.2 Å². The van der Waals surface area contributed by atoms with E-state index in [1.54, 1.807) is 0 Å². The number of anilines is 2. The van der Waals surface area contributed by atoms with Gasteiger partial charge < -0.3 is 20.3 Å². The molecule has 2 N–H and O–H groups in total. The van der Waals surface area contributed by atoms with Gasteiger partial charge in [-0.1, -0.05) is 31.9 Å². The number of para-hydroxylation sites is 2. The van der Waals surface area contributed by atoms with Crippen molar-refractivity contribution < 1.29 is 9.53 Å². The Bertz CT molecular complexity index is 445. The second-order valence-electron chi connectivity index (χ2n) is 5.20. The molecule has 1 aromatic rings. The van der Waals surface area contributed by atoms with E-state index in [2.05, 4.69) is 22.5 Å². The summed E-state index contributed by atoms with van der Waals surface area (Å²) < 4.78 is 5.38. The molecule has 5 heteroatoms. The third-order valence-corrected chi connectivity index (χ3v) is 3.57. The molecule has 116 valence electrons. The highest BCUT2D eigenvalue weighted by Gasteiger charge is 2.15. The fraction of sp³-hybridized carbons (Fsp3) is 0.562. The first-order valence-corrected chi connectivity index (χ1v) is 7.78. The summed E-state index contributed by atoms with van der Waals surface area (Å²) in [5.41, 5.74) is 1.91. The second kappa shape index (κ2) is 8.52. The molecule has 0 unspecified atom stereocenters. The molecule has 21 heavy (non-hydrogen) atoms. The molecule has 2 rings (SSSR count). The molecule has 0 spiro atoms. The van der Waals surface area contributed by atoms with Gasteiger partial charge in [0.1, 0.15) is 0 Å². The molecule has 0 bridgehead atoms. The number of carbonyl (C=O) groups excluding carboxylic acids is 1. The van der Waals surface area contributed by atoms with Crippen molar-refractivity contribution in [3.63, 3.8) is 0 Å². The largest absolute Gasteiger partial charge is 0.378 e. The Morgan fingerprint density at radius 1 is 1.24 bits per heavy atom. The number of ether oxygens (including phenoxy) is 1. The molecule has 0 atom stereocenters. The van der Waals surface area contributed by atoms with Crippen LogP contribution in [0.15, 0.2) is 24.3 Å². The normalized spacial score (nSPS) is 14.8. The first kappa shape index (κ1) is 15.6. The zero-order valence-electron chi connectivity index (χ0n) is 12.7. The number of morpholine rings is 1. The van der Waals surface area contributed by atoms with Crippen molar-refractivity contribution in [3.8, 4) is 0 Å². The number of hydrogen-bond acceptors (Lipinski definition) is 3. The molecular weight excluding hydrogens is 266 g/mol. The summed E-state index contributed by atoms with van der Waals surface area (Å²) in [6.45, 7) is 6.06. The smallest absolute Gasteiger partial charge is 0.319 e. The maximum Gasteiger partial charge on any atom is 0.319 e. The molecule has 1 aliphatic rings. The minimum absolute atomic E-state index is 0.133. The van der Waals surface area contributed by atoms with E-state index in [0.717, 1.165) is 63.5 Å². The van der Waals surface area contributed by atoms with Gasteiger partial charge in [0.05, 0.1) is 24.6 Å². The average molecular weight is 291 g/mol. The number of unbranched alkanes of at least 4 members (excludes halogenated alkanes) is 2. The fourth-order valence-electron chi connectivity index (χ4n) is 2.40. The molecule has 2 amide bonds. The fourth-order valence-corrected chi connectivity index (χ4v) is 2.40. The number of urea groups is 1. The zero-order chi connectivity index (χ0) is 14.9. The molecule has 0 aromatic heterocycles. The average Bonchev–Trinajstić information content (AvgIpc) is 2.53. The van der Waals surface area contributed by atoms with Crippen LogP contribution in [0.25, 0.3) is 0 Å². The summed E-state index contributed by atoms with van der Waals surface area (Å²) in [5, 5.41) is 5.86. The van der Waals surface area contributed by atoms with Crippen LogP contribution in [0, 0.1) is 0 Å². The van der Waals surface area contributed by atoms with Gasteiger partial charge in [0.15, 0.2) is 0 Å². The maximum absolute atomic E-state index is 11.9. The summed E-state index contributed by atoms with van der Waals surface area (Å²) in [7, 11) is 0. The Balaban J connectivity index is 1.91. The van der Waals surface area contributed by atoms with Crippen LogP contribution >= 0.6 is 0 Å². The molecule has 0 aliphatic carbocycles. The topological polar surface area (TPSA) is 53.6 Å². The Kier molecular flexibility index (Phi) is 6.34. The van der Waals surface area contributed by atoms with E-state index in [9.17, 15) is 4.79 Å². The van der Waals surface area contributed by atoms with Gasteiger partial charge in [-0.2, -0.15) is 0 Å². The van der Waals surface area contributed by atoms with Crippen LogP contribution in [-0.2, 0) is 4.74 Å². The van der Waals surface area contributed by atoms with Crippen molar-refractivity contribution in [1.82, 2.24) is 5.32 Å². The predicted molar refractivity (Wildman–Crippen MR) is 86.0 cm³/mol. The van der Waals surface area contributed by atoms with E-state index in [0.29, 0.717) is 0 Å². The Labute approximate surface area is 126 Å². The summed E-state index contributed by atoms with van der Waals surface area (Å²) in [5.74, 6) is 0. The van der Waals surface area contributed by atoms with Gasteiger partial charge in [0, 0.05) is 19.6 Å². The van der Waals surface area contributed by atoms with E-state index >= 15 is 0 Å². The standard InChI is InChI=1S/C16H25N3O2/c1-2-3-6-9-17-16(20)18-14-7-4-5-8-15(14)19-10-12-21-13-11-19/h4-5,7-8H,2-3,6,9-13H2,1H3,(H2,17,18,20).